The Bertz CT molecular complexity index is 323. The van der Waals surface area contributed by atoms with Crippen LogP contribution in [-0.2, 0) is 16.0 Å². The van der Waals surface area contributed by atoms with E-state index in [1.807, 2.05) is 25.1 Å². The predicted molar refractivity (Wildman–Crippen MR) is 61.3 cm³/mol. The van der Waals surface area contributed by atoms with Crippen LogP contribution in [0.4, 0.5) is 0 Å². The second kappa shape index (κ2) is 6.59. The molecule has 0 aliphatic carbocycles. The number of rotatable bonds is 6. The van der Waals surface area contributed by atoms with Gasteiger partial charge in [0.2, 0.25) is 0 Å². The molecular formula is C12H15ClO2. The summed E-state index contributed by atoms with van der Waals surface area (Å²) in [7, 11) is 0. The molecule has 0 aliphatic heterocycles. The van der Waals surface area contributed by atoms with E-state index in [1.54, 1.807) is 6.07 Å². The summed E-state index contributed by atoms with van der Waals surface area (Å²) in [6, 6.07) is 7.38. The number of Topliss-reactive ketones (excluding diaryl/α,β-unsaturated/α-hetero) is 1. The first kappa shape index (κ1) is 12.2. The molecule has 0 fully saturated rings. The first-order valence-corrected chi connectivity index (χ1v) is 5.44. The Balaban J connectivity index is 2.37. The van der Waals surface area contributed by atoms with Crippen molar-refractivity contribution in [1.82, 2.24) is 0 Å². The highest BCUT2D eigenvalue weighted by molar-refractivity contribution is 6.30. The molecule has 0 unspecified atom stereocenters. The Morgan fingerprint density at radius 1 is 1.47 bits per heavy atom. The van der Waals surface area contributed by atoms with Gasteiger partial charge in [-0.1, -0.05) is 23.7 Å². The summed E-state index contributed by atoms with van der Waals surface area (Å²) >= 11 is 5.82. The van der Waals surface area contributed by atoms with E-state index in [9.17, 15) is 4.79 Å². The van der Waals surface area contributed by atoms with Crippen LogP contribution in [0.2, 0.25) is 5.02 Å². The van der Waals surface area contributed by atoms with Crippen LogP contribution < -0.4 is 0 Å². The van der Waals surface area contributed by atoms with Gasteiger partial charge in [-0.3, -0.25) is 4.79 Å². The molecule has 1 aromatic rings. The van der Waals surface area contributed by atoms with E-state index in [1.165, 1.54) is 0 Å². The van der Waals surface area contributed by atoms with E-state index in [-0.39, 0.29) is 5.78 Å². The van der Waals surface area contributed by atoms with Gasteiger partial charge in [0, 0.05) is 24.5 Å². The average molecular weight is 227 g/mol. The molecule has 82 valence electrons. The smallest absolute Gasteiger partial charge is 0.139 e. The van der Waals surface area contributed by atoms with Gasteiger partial charge in [-0.15, -0.1) is 0 Å². The third-order valence-electron chi connectivity index (χ3n) is 2.02. The van der Waals surface area contributed by atoms with Gasteiger partial charge >= 0.3 is 0 Å². The van der Waals surface area contributed by atoms with Gasteiger partial charge in [-0.05, 0) is 24.6 Å². The van der Waals surface area contributed by atoms with E-state index in [4.69, 9.17) is 16.3 Å². The van der Waals surface area contributed by atoms with Crippen molar-refractivity contribution >= 4 is 17.4 Å². The summed E-state index contributed by atoms with van der Waals surface area (Å²) in [5.41, 5.74) is 0.962. The third-order valence-corrected chi connectivity index (χ3v) is 2.25. The maximum atomic E-state index is 11.5. The standard InChI is InChI=1S/C12H15ClO2/c1-2-15-7-6-12(14)9-10-4-3-5-11(13)8-10/h3-5,8H,2,6-7,9H2,1H3. The topological polar surface area (TPSA) is 26.3 Å². The normalized spacial score (nSPS) is 10.3. The molecule has 0 aliphatic rings. The monoisotopic (exact) mass is 226 g/mol. The van der Waals surface area contributed by atoms with Gasteiger partial charge in [0.25, 0.3) is 0 Å². The second-order valence-electron chi connectivity index (χ2n) is 3.29. The summed E-state index contributed by atoms with van der Waals surface area (Å²) in [5.74, 6) is 0.186. The van der Waals surface area contributed by atoms with Crippen LogP contribution >= 0.6 is 11.6 Å². The molecule has 0 amide bonds. The van der Waals surface area contributed by atoms with E-state index in [0.29, 0.717) is 31.1 Å². The van der Waals surface area contributed by atoms with Crippen molar-refractivity contribution in [2.24, 2.45) is 0 Å². The van der Waals surface area contributed by atoms with Gasteiger partial charge in [-0.25, -0.2) is 0 Å². The molecular weight excluding hydrogens is 212 g/mol. The molecule has 0 aromatic heterocycles. The maximum absolute atomic E-state index is 11.5. The van der Waals surface area contributed by atoms with Crippen LogP contribution in [0.25, 0.3) is 0 Å². The summed E-state index contributed by atoms with van der Waals surface area (Å²) in [4.78, 5) is 11.5. The number of hydrogen-bond donors (Lipinski definition) is 0. The largest absolute Gasteiger partial charge is 0.381 e. The fourth-order valence-corrected chi connectivity index (χ4v) is 1.51. The van der Waals surface area contributed by atoms with Crippen LogP contribution in [0, 0.1) is 0 Å². The third kappa shape index (κ3) is 4.96. The minimum atomic E-state index is 0.186. The number of ether oxygens (including phenoxy) is 1. The number of hydrogen-bond acceptors (Lipinski definition) is 2. The zero-order chi connectivity index (χ0) is 11.1. The highest BCUT2D eigenvalue weighted by atomic mass is 35.5. The number of halogens is 1. The first-order valence-electron chi connectivity index (χ1n) is 5.06. The summed E-state index contributed by atoms with van der Waals surface area (Å²) in [6.45, 7) is 3.09. The van der Waals surface area contributed by atoms with Crippen LogP contribution in [0.15, 0.2) is 24.3 Å². The summed E-state index contributed by atoms with van der Waals surface area (Å²) < 4.78 is 5.12. The van der Waals surface area contributed by atoms with Crippen LogP contribution in [-0.4, -0.2) is 19.0 Å². The van der Waals surface area contributed by atoms with Crippen molar-refractivity contribution in [3.8, 4) is 0 Å². The Kier molecular flexibility index (Phi) is 5.37. The Labute approximate surface area is 95.2 Å². The van der Waals surface area contributed by atoms with E-state index < -0.39 is 0 Å². The number of benzene rings is 1. The highest BCUT2D eigenvalue weighted by Gasteiger charge is 2.03. The Morgan fingerprint density at radius 3 is 2.93 bits per heavy atom. The fourth-order valence-electron chi connectivity index (χ4n) is 1.29. The summed E-state index contributed by atoms with van der Waals surface area (Å²) in [5, 5.41) is 0.671. The average Bonchev–Trinajstić information content (AvgIpc) is 2.18. The van der Waals surface area contributed by atoms with Crippen LogP contribution in [0.1, 0.15) is 18.9 Å². The lowest BCUT2D eigenvalue weighted by Crippen LogP contribution is -2.07. The van der Waals surface area contributed by atoms with Crippen molar-refractivity contribution in [1.29, 1.82) is 0 Å². The molecule has 0 spiro atoms. The maximum Gasteiger partial charge on any atom is 0.139 e. The van der Waals surface area contributed by atoms with E-state index in [0.717, 1.165) is 5.56 Å². The van der Waals surface area contributed by atoms with E-state index in [2.05, 4.69) is 0 Å². The molecule has 1 aromatic carbocycles. The second-order valence-corrected chi connectivity index (χ2v) is 3.73. The van der Waals surface area contributed by atoms with Gasteiger partial charge in [-0.2, -0.15) is 0 Å². The van der Waals surface area contributed by atoms with Crippen molar-refractivity contribution < 1.29 is 9.53 Å². The number of carbonyl (C=O) groups excluding carboxylic acids is 1. The van der Waals surface area contributed by atoms with Crippen molar-refractivity contribution in [3.05, 3.63) is 34.9 Å². The van der Waals surface area contributed by atoms with Crippen LogP contribution in [0.3, 0.4) is 0 Å². The molecule has 0 saturated carbocycles. The molecule has 0 atom stereocenters. The molecule has 0 bridgehead atoms. The molecule has 3 heteroatoms. The lowest BCUT2D eigenvalue weighted by Gasteiger charge is -2.02. The van der Waals surface area contributed by atoms with Crippen molar-refractivity contribution in [3.63, 3.8) is 0 Å². The molecule has 2 nitrogen and oxygen atoms in total. The number of ketones is 1. The predicted octanol–water partition coefficient (Wildman–Crippen LogP) is 2.88. The molecule has 0 saturated heterocycles. The molecule has 0 N–H and O–H groups in total. The molecule has 15 heavy (non-hydrogen) atoms. The fraction of sp³-hybridized carbons (Fsp3) is 0.417. The Morgan fingerprint density at radius 2 is 2.27 bits per heavy atom. The van der Waals surface area contributed by atoms with Gasteiger partial charge in [0.15, 0.2) is 0 Å². The van der Waals surface area contributed by atoms with Gasteiger partial charge < -0.3 is 4.74 Å². The van der Waals surface area contributed by atoms with Crippen LogP contribution in [0.5, 0.6) is 0 Å². The van der Waals surface area contributed by atoms with E-state index >= 15 is 0 Å². The lowest BCUT2D eigenvalue weighted by molar-refractivity contribution is -0.119. The highest BCUT2D eigenvalue weighted by Crippen LogP contribution is 2.11. The number of carbonyl (C=O) groups is 1. The van der Waals surface area contributed by atoms with Crippen molar-refractivity contribution in [2.45, 2.75) is 19.8 Å². The zero-order valence-corrected chi connectivity index (χ0v) is 9.59. The molecule has 0 heterocycles. The lowest BCUT2D eigenvalue weighted by atomic mass is 10.1. The quantitative estimate of drug-likeness (QED) is 0.698. The van der Waals surface area contributed by atoms with Gasteiger partial charge in [0.1, 0.15) is 5.78 Å². The first-order chi connectivity index (χ1) is 7.22. The Hall–Kier alpha value is -0.860. The summed E-state index contributed by atoms with van der Waals surface area (Å²) in [6.07, 6.45) is 0.911. The SMILES string of the molecule is CCOCCC(=O)Cc1cccc(Cl)c1. The zero-order valence-electron chi connectivity index (χ0n) is 8.83. The minimum absolute atomic E-state index is 0.186. The van der Waals surface area contributed by atoms with Crippen molar-refractivity contribution in [2.75, 3.05) is 13.2 Å². The van der Waals surface area contributed by atoms with Gasteiger partial charge in [0.05, 0.1) is 6.61 Å². The molecule has 1 rings (SSSR count). The minimum Gasteiger partial charge on any atom is -0.381 e. The molecule has 0 radical (unpaired) electrons.